The number of benzene rings is 1. The highest BCUT2D eigenvalue weighted by Crippen LogP contribution is 2.24. The smallest absolute Gasteiger partial charge is 0.225 e. The summed E-state index contributed by atoms with van der Waals surface area (Å²) < 4.78 is 0. The van der Waals surface area contributed by atoms with E-state index in [1.807, 2.05) is 24.4 Å². The van der Waals surface area contributed by atoms with E-state index in [2.05, 4.69) is 42.1 Å². The molecule has 1 aliphatic rings. The van der Waals surface area contributed by atoms with E-state index in [0.29, 0.717) is 0 Å². The molecule has 0 radical (unpaired) electrons. The quantitative estimate of drug-likeness (QED) is 0.717. The summed E-state index contributed by atoms with van der Waals surface area (Å²) in [7, 11) is 0. The number of piperazine rings is 1. The Morgan fingerprint density at radius 2 is 1.55 bits per heavy atom. The summed E-state index contributed by atoms with van der Waals surface area (Å²) in [5, 5.41) is 10.8. The molecule has 110 valence electrons. The highest BCUT2D eigenvalue weighted by molar-refractivity contribution is 5.91. The molecule has 6 heteroatoms. The number of fused-ring (bicyclic) bond motifs is 1. The summed E-state index contributed by atoms with van der Waals surface area (Å²) in [6.45, 7) is 3.55. The number of rotatable bonds is 2. The molecule has 1 aliphatic heterocycles. The second kappa shape index (κ2) is 5.55. The van der Waals surface area contributed by atoms with Crippen LogP contribution in [0.4, 0.5) is 11.8 Å². The van der Waals surface area contributed by atoms with Crippen molar-refractivity contribution in [3.63, 3.8) is 0 Å². The zero-order valence-corrected chi connectivity index (χ0v) is 12.1. The molecule has 0 N–H and O–H groups in total. The highest BCUT2D eigenvalue weighted by Gasteiger charge is 2.21. The number of hydrogen-bond donors (Lipinski definition) is 0. The molecule has 1 saturated heterocycles. The Bertz CT molecular complexity index is 762. The first-order valence-corrected chi connectivity index (χ1v) is 7.39. The summed E-state index contributed by atoms with van der Waals surface area (Å²) in [4.78, 5) is 13.1. The predicted molar refractivity (Wildman–Crippen MR) is 86.0 cm³/mol. The molecule has 0 amide bonds. The zero-order valence-electron chi connectivity index (χ0n) is 12.1. The van der Waals surface area contributed by atoms with Crippen molar-refractivity contribution >= 4 is 22.5 Å². The third-order valence-electron chi connectivity index (χ3n) is 3.97. The maximum absolute atomic E-state index is 4.35. The van der Waals surface area contributed by atoms with Crippen molar-refractivity contribution < 1.29 is 0 Å². The molecule has 0 atom stereocenters. The lowest BCUT2D eigenvalue weighted by Gasteiger charge is -2.35. The maximum Gasteiger partial charge on any atom is 0.225 e. The van der Waals surface area contributed by atoms with E-state index in [1.165, 1.54) is 0 Å². The van der Waals surface area contributed by atoms with Gasteiger partial charge in [0.25, 0.3) is 0 Å². The van der Waals surface area contributed by atoms with E-state index in [1.54, 1.807) is 12.4 Å². The minimum absolute atomic E-state index is 0.797. The van der Waals surface area contributed by atoms with Gasteiger partial charge < -0.3 is 9.80 Å². The van der Waals surface area contributed by atoms with E-state index in [9.17, 15) is 0 Å². The van der Waals surface area contributed by atoms with Crippen molar-refractivity contribution in [2.45, 2.75) is 0 Å². The van der Waals surface area contributed by atoms with E-state index in [-0.39, 0.29) is 0 Å². The van der Waals surface area contributed by atoms with Gasteiger partial charge in [-0.15, -0.1) is 5.10 Å². The third-order valence-corrected chi connectivity index (χ3v) is 3.97. The van der Waals surface area contributed by atoms with Crippen molar-refractivity contribution in [3.05, 3.63) is 48.9 Å². The van der Waals surface area contributed by atoms with Gasteiger partial charge in [-0.1, -0.05) is 24.3 Å². The summed E-state index contributed by atoms with van der Waals surface area (Å²) in [5.41, 5.74) is 0. The molecule has 0 unspecified atom stereocenters. The molecule has 22 heavy (non-hydrogen) atoms. The molecule has 3 aromatic rings. The molecule has 0 saturated carbocycles. The van der Waals surface area contributed by atoms with Crippen molar-refractivity contribution in [1.82, 2.24) is 20.2 Å². The molecule has 4 rings (SSSR count). The summed E-state index contributed by atoms with van der Waals surface area (Å²) in [6.07, 6.45) is 5.38. The largest absolute Gasteiger partial charge is 0.351 e. The third kappa shape index (κ3) is 2.32. The van der Waals surface area contributed by atoms with E-state index >= 15 is 0 Å². The maximum atomic E-state index is 4.35. The molecule has 1 aromatic carbocycles. The van der Waals surface area contributed by atoms with Gasteiger partial charge in [-0.2, -0.15) is 5.10 Å². The Morgan fingerprint density at radius 1 is 0.818 bits per heavy atom. The topological polar surface area (TPSA) is 58.0 Å². The van der Waals surface area contributed by atoms with Gasteiger partial charge >= 0.3 is 0 Å². The lowest BCUT2D eigenvalue weighted by molar-refractivity contribution is 0.633. The first-order valence-electron chi connectivity index (χ1n) is 7.39. The first-order chi connectivity index (χ1) is 10.9. The van der Waals surface area contributed by atoms with Crippen LogP contribution >= 0.6 is 0 Å². The minimum Gasteiger partial charge on any atom is -0.351 e. The highest BCUT2D eigenvalue weighted by atomic mass is 15.3. The fraction of sp³-hybridized carbons (Fsp3) is 0.250. The number of aromatic nitrogens is 4. The Morgan fingerprint density at radius 3 is 2.36 bits per heavy atom. The van der Waals surface area contributed by atoms with Crippen LogP contribution in [0.1, 0.15) is 0 Å². The van der Waals surface area contributed by atoms with Crippen LogP contribution in [-0.4, -0.2) is 46.3 Å². The Hall–Kier alpha value is -2.76. The van der Waals surface area contributed by atoms with Gasteiger partial charge in [-0.25, -0.2) is 9.97 Å². The lowest BCUT2D eigenvalue weighted by atomic mass is 10.2. The standard InChI is InChI=1S/C16H16N6/c1-2-5-14-13(4-1)12-19-20-15(14)21-8-10-22(11-9-21)16-17-6-3-7-18-16/h1-7,12H,8-11H2. The van der Waals surface area contributed by atoms with Gasteiger partial charge in [0.1, 0.15) is 0 Å². The number of anilines is 2. The summed E-state index contributed by atoms with van der Waals surface area (Å²) in [6, 6.07) is 10.1. The Kier molecular flexibility index (Phi) is 3.27. The van der Waals surface area contributed by atoms with Crippen LogP contribution in [0.2, 0.25) is 0 Å². The summed E-state index contributed by atoms with van der Waals surface area (Å²) in [5.74, 6) is 1.76. The van der Waals surface area contributed by atoms with Crippen molar-refractivity contribution in [3.8, 4) is 0 Å². The average molecular weight is 292 g/mol. The van der Waals surface area contributed by atoms with Gasteiger partial charge in [0.2, 0.25) is 5.95 Å². The van der Waals surface area contributed by atoms with Gasteiger partial charge in [0.15, 0.2) is 5.82 Å². The van der Waals surface area contributed by atoms with Gasteiger partial charge in [0.05, 0.1) is 6.20 Å². The molecule has 6 nitrogen and oxygen atoms in total. The molecular weight excluding hydrogens is 276 g/mol. The SMILES string of the molecule is c1cnc(N2CCN(c3nncc4ccccc34)CC2)nc1. The van der Waals surface area contributed by atoms with Crippen LogP contribution in [0.3, 0.4) is 0 Å². The monoisotopic (exact) mass is 292 g/mol. The second-order valence-corrected chi connectivity index (χ2v) is 5.28. The fourth-order valence-corrected chi connectivity index (χ4v) is 2.82. The Labute approximate surface area is 128 Å². The normalized spacial score (nSPS) is 15.3. The lowest BCUT2D eigenvalue weighted by Crippen LogP contribution is -2.47. The molecular formula is C16H16N6. The van der Waals surface area contributed by atoms with Crippen molar-refractivity contribution in [1.29, 1.82) is 0 Å². The Balaban J connectivity index is 1.56. The average Bonchev–Trinajstić information content (AvgIpc) is 2.62. The van der Waals surface area contributed by atoms with Crippen LogP contribution in [-0.2, 0) is 0 Å². The molecule has 2 aromatic heterocycles. The predicted octanol–water partition coefficient (Wildman–Crippen LogP) is 1.75. The molecule has 1 fully saturated rings. The molecule has 0 spiro atoms. The minimum atomic E-state index is 0.797. The molecule has 3 heterocycles. The number of nitrogens with zero attached hydrogens (tertiary/aromatic N) is 6. The van der Waals surface area contributed by atoms with Crippen LogP contribution in [0.15, 0.2) is 48.9 Å². The van der Waals surface area contributed by atoms with Crippen LogP contribution in [0, 0.1) is 0 Å². The van der Waals surface area contributed by atoms with Crippen molar-refractivity contribution in [2.24, 2.45) is 0 Å². The van der Waals surface area contributed by atoms with E-state index < -0.39 is 0 Å². The van der Waals surface area contributed by atoms with Crippen LogP contribution < -0.4 is 9.80 Å². The van der Waals surface area contributed by atoms with Crippen LogP contribution in [0.25, 0.3) is 10.8 Å². The molecule has 0 bridgehead atoms. The van der Waals surface area contributed by atoms with E-state index in [0.717, 1.165) is 48.7 Å². The summed E-state index contributed by atoms with van der Waals surface area (Å²) >= 11 is 0. The number of hydrogen-bond acceptors (Lipinski definition) is 6. The zero-order chi connectivity index (χ0) is 14.8. The first kappa shape index (κ1) is 12.9. The molecule has 0 aliphatic carbocycles. The van der Waals surface area contributed by atoms with E-state index in [4.69, 9.17) is 0 Å². The fourth-order valence-electron chi connectivity index (χ4n) is 2.82. The van der Waals surface area contributed by atoms with Gasteiger partial charge in [-0.3, -0.25) is 0 Å². The van der Waals surface area contributed by atoms with Gasteiger partial charge in [-0.05, 0) is 6.07 Å². The second-order valence-electron chi connectivity index (χ2n) is 5.28. The van der Waals surface area contributed by atoms with Gasteiger partial charge in [0, 0.05) is 49.3 Å². The van der Waals surface area contributed by atoms with Crippen LogP contribution in [0.5, 0.6) is 0 Å². The van der Waals surface area contributed by atoms with Crippen molar-refractivity contribution in [2.75, 3.05) is 36.0 Å².